The summed E-state index contributed by atoms with van der Waals surface area (Å²) in [7, 11) is -3.76. The van der Waals surface area contributed by atoms with Crippen molar-refractivity contribution in [2.45, 2.75) is 52.6 Å². The lowest BCUT2D eigenvalue weighted by Crippen LogP contribution is -2.51. The van der Waals surface area contributed by atoms with Crippen LogP contribution in [0.15, 0.2) is 48.5 Å². The van der Waals surface area contributed by atoms with E-state index in [1.165, 1.54) is 4.90 Å². The summed E-state index contributed by atoms with van der Waals surface area (Å²) in [5, 5.41) is 3.32. The van der Waals surface area contributed by atoms with Crippen LogP contribution in [0.1, 0.15) is 51.2 Å². The summed E-state index contributed by atoms with van der Waals surface area (Å²) in [4.78, 5) is 27.5. The summed E-state index contributed by atoms with van der Waals surface area (Å²) in [6, 6.07) is 13.3. The summed E-state index contributed by atoms with van der Waals surface area (Å²) in [5.74, 6) is -0.500. The van der Waals surface area contributed by atoms with E-state index < -0.39 is 28.5 Å². The maximum absolute atomic E-state index is 13.5. The Hall–Kier alpha value is -2.58. The Bertz CT molecular complexity index is 1090. The predicted octanol–water partition coefficient (Wildman–Crippen LogP) is 4.17. The average Bonchev–Trinajstić information content (AvgIpc) is 2.78. The molecular weight excluding hydrogens is 474 g/mol. The molecule has 9 heteroatoms. The Morgan fingerprint density at radius 2 is 1.71 bits per heavy atom. The van der Waals surface area contributed by atoms with Crippen molar-refractivity contribution in [3.05, 3.63) is 64.7 Å². The molecule has 34 heavy (non-hydrogen) atoms. The number of hydrogen-bond acceptors (Lipinski definition) is 4. The fraction of sp³-hybridized carbons (Fsp3) is 0.440. The first-order chi connectivity index (χ1) is 15.9. The quantitative estimate of drug-likeness (QED) is 0.494. The molecule has 2 amide bonds. The molecular formula is C25H34ClN3O4S. The summed E-state index contributed by atoms with van der Waals surface area (Å²) < 4.78 is 26.3. The van der Waals surface area contributed by atoms with Crippen LogP contribution in [0.2, 0.25) is 5.02 Å². The van der Waals surface area contributed by atoms with E-state index >= 15 is 0 Å². The van der Waals surface area contributed by atoms with Crippen molar-refractivity contribution in [3.63, 3.8) is 0 Å². The van der Waals surface area contributed by atoms with Crippen molar-refractivity contribution < 1.29 is 18.0 Å². The van der Waals surface area contributed by atoms with Gasteiger partial charge in [0.25, 0.3) is 0 Å². The van der Waals surface area contributed by atoms with Gasteiger partial charge in [-0.25, -0.2) is 8.42 Å². The molecule has 0 spiro atoms. The van der Waals surface area contributed by atoms with E-state index in [1.807, 2.05) is 39.0 Å². The van der Waals surface area contributed by atoms with Gasteiger partial charge in [0.1, 0.15) is 12.6 Å². The van der Waals surface area contributed by atoms with Crippen molar-refractivity contribution in [1.29, 1.82) is 0 Å². The van der Waals surface area contributed by atoms with Crippen LogP contribution in [0.5, 0.6) is 0 Å². The fourth-order valence-corrected chi connectivity index (χ4v) is 4.51. The molecule has 1 N–H and O–H groups in total. The Labute approximate surface area is 208 Å². The largest absolute Gasteiger partial charge is 0.354 e. The number of hydrogen-bond donors (Lipinski definition) is 1. The van der Waals surface area contributed by atoms with E-state index in [0.717, 1.165) is 28.1 Å². The van der Waals surface area contributed by atoms with Gasteiger partial charge in [0, 0.05) is 18.1 Å². The molecule has 1 atom stereocenters. The highest BCUT2D eigenvalue weighted by atomic mass is 35.5. The van der Waals surface area contributed by atoms with Gasteiger partial charge in [0.15, 0.2) is 0 Å². The van der Waals surface area contributed by atoms with Crippen LogP contribution in [0, 0.1) is 0 Å². The van der Waals surface area contributed by atoms with Gasteiger partial charge in [-0.2, -0.15) is 0 Å². The van der Waals surface area contributed by atoms with Crippen LogP contribution in [0.25, 0.3) is 0 Å². The molecule has 1 unspecified atom stereocenters. The van der Waals surface area contributed by atoms with Crippen molar-refractivity contribution in [2.75, 3.05) is 23.7 Å². The van der Waals surface area contributed by atoms with Crippen LogP contribution in [0.3, 0.4) is 0 Å². The maximum atomic E-state index is 13.5. The minimum Gasteiger partial charge on any atom is -0.354 e. The molecule has 0 saturated carbocycles. The maximum Gasteiger partial charge on any atom is 0.244 e. The molecule has 0 aliphatic carbocycles. The zero-order chi connectivity index (χ0) is 25.5. The van der Waals surface area contributed by atoms with Crippen molar-refractivity contribution >= 4 is 39.1 Å². The molecule has 0 aromatic heterocycles. The number of benzene rings is 2. The third-order valence-electron chi connectivity index (χ3n) is 5.49. The number of halogens is 1. The summed E-state index contributed by atoms with van der Waals surface area (Å²) in [6.45, 7) is 7.84. The first kappa shape index (κ1) is 27.7. The van der Waals surface area contributed by atoms with E-state index in [4.69, 9.17) is 11.6 Å². The molecule has 0 bridgehead atoms. The second-order valence-corrected chi connectivity index (χ2v) is 11.0. The Morgan fingerprint density at radius 1 is 1.06 bits per heavy atom. The Balaban J connectivity index is 2.37. The van der Waals surface area contributed by atoms with Crippen LogP contribution in [-0.2, 0) is 26.2 Å². The highest BCUT2D eigenvalue weighted by Crippen LogP contribution is 2.23. The molecule has 2 rings (SSSR count). The van der Waals surface area contributed by atoms with Gasteiger partial charge in [0.2, 0.25) is 21.8 Å². The molecule has 2 aromatic carbocycles. The molecule has 0 radical (unpaired) electrons. The van der Waals surface area contributed by atoms with Crippen molar-refractivity contribution in [3.8, 4) is 0 Å². The summed E-state index contributed by atoms with van der Waals surface area (Å²) in [6.07, 6.45) is 1.82. The van der Waals surface area contributed by atoms with Gasteiger partial charge < -0.3 is 10.2 Å². The first-order valence-corrected chi connectivity index (χ1v) is 13.6. The van der Waals surface area contributed by atoms with Gasteiger partial charge in [0.05, 0.1) is 11.9 Å². The Kier molecular flexibility index (Phi) is 9.94. The molecule has 2 aromatic rings. The smallest absolute Gasteiger partial charge is 0.244 e. The average molecular weight is 508 g/mol. The molecule has 186 valence electrons. The van der Waals surface area contributed by atoms with Crippen LogP contribution in [-0.4, -0.2) is 50.5 Å². The number of anilines is 1. The second kappa shape index (κ2) is 12.2. The Morgan fingerprint density at radius 3 is 2.24 bits per heavy atom. The normalized spacial score (nSPS) is 12.3. The standard InChI is InChI=1S/C25H34ClN3O4S/c1-6-14-27-25(31)19(4)28(16-20-8-7-9-22(26)15-20)24(30)17-29(34(5,32)33)23-12-10-21(11-13-23)18(2)3/h7-13,15,18-19H,6,14,16-17H2,1-5H3,(H,27,31). The molecule has 0 aliphatic rings. The third-order valence-corrected chi connectivity index (χ3v) is 6.86. The topological polar surface area (TPSA) is 86.8 Å². The van der Waals surface area contributed by atoms with Crippen LogP contribution >= 0.6 is 11.6 Å². The molecule has 0 fully saturated rings. The number of rotatable bonds is 11. The van der Waals surface area contributed by atoms with E-state index in [0.29, 0.717) is 17.3 Å². The van der Waals surface area contributed by atoms with Gasteiger partial charge in [-0.15, -0.1) is 0 Å². The number of nitrogens with one attached hydrogen (secondary N) is 1. The van der Waals surface area contributed by atoms with Gasteiger partial charge in [-0.05, 0) is 54.7 Å². The molecule has 0 saturated heterocycles. The number of nitrogens with zero attached hydrogens (tertiary/aromatic N) is 2. The highest BCUT2D eigenvalue weighted by molar-refractivity contribution is 7.92. The first-order valence-electron chi connectivity index (χ1n) is 11.3. The minimum absolute atomic E-state index is 0.115. The monoisotopic (exact) mass is 507 g/mol. The lowest BCUT2D eigenvalue weighted by molar-refractivity contribution is -0.139. The van der Waals surface area contributed by atoms with E-state index in [1.54, 1.807) is 37.3 Å². The van der Waals surface area contributed by atoms with E-state index in [-0.39, 0.29) is 18.4 Å². The van der Waals surface area contributed by atoms with Crippen LogP contribution < -0.4 is 9.62 Å². The third kappa shape index (κ3) is 7.74. The predicted molar refractivity (Wildman–Crippen MR) is 137 cm³/mol. The zero-order valence-electron chi connectivity index (χ0n) is 20.4. The number of carbonyl (C=O) groups excluding carboxylic acids is 2. The highest BCUT2D eigenvalue weighted by Gasteiger charge is 2.30. The van der Waals surface area contributed by atoms with Gasteiger partial charge >= 0.3 is 0 Å². The zero-order valence-corrected chi connectivity index (χ0v) is 22.0. The number of carbonyl (C=O) groups is 2. The minimum atomic E-state index is -3.76. The van der Waals surface area contributed by atoms with Crippen molar-refractivity contribution in [1.82, 2.24) is 10.2 Å². The summed E-state index contributed by atoms with van der Waals surface area (Å²) >= 11 is 6.11. The fourth-order valence-electron chi connectivity index (χ4n) is 3.45. The number of sulfonamides is 1. The lowest BCUT2D eigenvalue weighted by Gasteiger charge is -2.31. The molecule has 0 aliphatic heterocycles. The van der Waals surface area contributed by atoms with Gasteiger partial charge in [-0.1, -0.05) is 56.6 Å². The van der Waals surface area contributed by atoms with E-state index in [2.05, 4.69) is 5.32 Å². The lowest BCUT2D eigenvalue weighted by atomic mass is 10.0. The molecule has 7 nitrogen and oxygen atoms in total. The van der Waals surface area contributed by atoms with E-state index in [9.17, 15) is 18.0 Å². The summed E-state index contributed by atoms with van der Waals surface area (Å²) in [5.41, 5.74) is 2.20. The molecule has 0 heterocycles. The van der Waals surface area contributed by atoms with Gasteiger partial charge in [-0.3, -0.25) is 13.9 Å². The van der Waals surface area contributed by atoms with Crippen LogP contribution in [0.4, 0.5) is 5.69 Å². The van der Waals surface area contributed by atoms with Crippen molar-refractivity contribution in [2.24, 2.45) is 0 Å². The number of amides is 2. The SMILES string of the molecule is CCCNC(=O)C(C)N(Cc1cccc(Cl)c1)C(=O)CN(c1ccc(C(C)C)cc1)S(C)(=O)=O. The second-order valence-electron chi connectivity index (χ2n) is 8.63.